The highest BCUT2D eigenvalue weighted by molar-refractivity contribution is 6.02. The molecule has 46 nitrogen and oxygen atoms in total. The van der Waals surface area contributed by atoms with Gasteiger partial charge in [-0.2, -0.15) is 0 Å². The molecule has 2 heterocycles. The van der Waals surface area contributed by atoms with Crippen LogP contribution in [0.2, 0.25) is 0 Å². The summed E-state index contributed by atoms with van der Waals surface area (Å²) >= 11 is 0. The Morgan fingerprint density at radius 3 is 1.34 bits per heavy atom. The Hall–Kier alpha value is -12.9. The van der Waals surface area contributed by atoms with E-state index in [-0.39, 0.29) is 114 Å². The number of carboxylic acid groups (broad SMARTS) is 2. The molecule has 0 saturated carbocycles. The number of benzene rings is 1. The lowest BCUT2D eigenvalue weighted by molar-refractivity contribution is -0.142. The summed E-state index contributed by atoms with van der Waals surface area (Å²) in [7, 11) is 0. The minimum atomic E-state index is -1.83. The molecule has 0 saturated heterocycles. The average Bonchev–Trinajstić information content (AvgIpc) is 1.62. The molecule has 0 spiro atoms. The number of carbonyl (C=O) groups excluding carboxylic acids is 17. The van der Waals surface area contributed by atoms with Crippen molar-refractivity contribution in [3.05, 3.63) is 54.2 Å². The highest BCUT2D eigenvalue weighted by atomic mass is 16.4. The van der Waals surface area contributed by atoms with Crippen molar-refractivity contribution in [3.8, 4) is 0 Å². The molecular formula is C88H145N25O21. The van der Waals surface area contributed by atoms with Crippen LogP contribution in [0.1, 0.15) is 231 Å². The quantitative estimate of drug-likeness (QED) is 0.0156. The van der Waals surface area contributed by atoms with Gasteiger partial charge >= 0.3 is 11.9 Å². The number of amides is 17. The Labute approximate surface area is 780 Å². The van der Waals surface area contributed by atoms with Crippen LogP contribution in [0.4, 0.5) is 0 Å². The fourth-order valence-electron chi connectivity index (χ4n) is 13.8. The van der Waals surface area contributed by atoms with Gasteiger partial charge in [0.15, 0.2) is 5.96 Å². The van der Waals surface area contributed by atoms with Crippen LogP contribution in [0.25, 0.3) is 10.9 Å². The largest absolute Gasteiger partial charge is 0.481 e. The van der Waals surface area contributed by atoms with E-state index in [0.29, 0.717) is 29.3 Å². The summed E-state index contributed by atoms with van der Waals surface area (Å²) in [6.45, 7) is 23.5. The van der Waals surface area contributed by atoms with Crippen LogP contribution in [-0.4, -0.2) is 252 Å². The van der Waals surface area contributed by atoms with Gasteiger partial charge < -0.3 is 134 Å². The van der Waals surface area contributed by atoms with E-state index in [0.717, 1.165) is 0 Å². The average molecular weight is 1890 g/mol. The summed E-state index contributed by atoms with van der Waals surface area (Å²) in [5.41, 5.74) is 26.9. The number of imidazole rings is 1. The Bertz CT molecular complexity index is 4490. The standard InChI is InChI=1S/C88H145N25O21/c1-16-18-26-55(103-78(126)62(39-46(5)6)106-75(123)59(31-34-66(91)115)105-81(129)69(48(9)17-2)111-76(124)60(32-35-67(116)117)110-85(134)88(14,15)113-82(130)68(47(7)8)112-84(133)87(12,13)94)72(120)109-64(41-52-43-95-44-98-52)80(128)104-58(30-33-65(90)114)74(122)102-56(29-22-24-37-96-86(92)93)71(119)99-49(10)70(118)101-57(28-21-23-36-89)73(121)108-63(40-51-42-97-54-27-20-19-25-53(51)54)79(127)107-61(38-45(3)4)77(125)100-50(11)83(131)132/h19-20,25,27,42-50,55-64,68-69,97H,16-18,21-24,26,28-41,89,94H2,1-15H3,(H2,90,114)(H2,91,115)(H,95,98)(H,99,119)(H,100,125)(H,101,118)(H,102,122)(H,103,126)(H,104,128)(H,105,129)(H,106,123)(H,107,127)(H,108,121)(H,109,120)(H,110,134)(H,111,124)(H,112,133)(H,113,130)(H,116,117)(H,131,132)(H4,92,93,96)/t48-,49-,50-,55-,56-,57-,58-,59-,60-,61-,62-,63-,64-,68-,69-/m0/s1. The van der Waals surface area contributed by atoms with E-state index in [4.69, 9.17) is 34.1 Å². The Morgan fingerprint density at radius 1 is 0.448 bits per heavy atom. The van der Waals surface area contributed by atoms with Crippen LogP contribution in [0.5, 0.6) is 0 Å². The molecule has 134 heavy (non-hydrogen) atoms. The Kier molecular flexibility index (Phi) is 48.9. The molecule has 748 valence electrons. The van der Waals surface area contributed by atoms with E-state index in [1.165, 1.54) is 54.1 Å². The number of nitrogens with zero attached hydrogens (tertiary/aromatic N) is 1. The molecular weight excluding hydrogens is 1740 g/mol. The number of hydrogen-bond donors (Lipinski definition) is 26. The fourth-order valence-corrected chi connectivity index (χ4v) is 13.8. The van der Waals surface area contributed by atoms with Crippen molar-refractivity contribution >= 4 is 129 Å². The van der Waals surface area contributed by atoms with E-state index in [1.807, 2.05) is 0 Å². The third kappa shape index (κ3) is 41.1. The molecule has 0 aliphatic rings. The molecule has 0 radical (unpaired) electrons. The summed E-state index contributed by atoms with van der Waals surface area (Å²) in [6, 6.07) is -13.8. The second-order valence-electron chi connectivity index (χ2n) is 36.1. The highest BCUT2D eigenvalue weighted by Crippen LogP contribution is 2.22. The van der Waals surface area contributed by atoms with Gasteiger partial charge in [0.05, 0.1) is 11.9 Å². The van der Waals surface area contributed by atoms with Gasteiger partial charge in [-0.1, -0.05) is 99.8 Å². The van der Waals surface area contributed by atoms with Gasteiger partial charge in [-0.25, -0.2) is 4.98 Å². The van der Waals surface area contributed by atoms with Gasteiger partial charge in [-0.05, 0) is 160 Å². The first-order valence-electron chi connectivity index (χ1n) is 45.4. The summed E-state index contributed by atoms with van der Waals surface area (Å²) in [6.07, 6.45) is 2.03. The third-order valence-corrected chi connectivity index (χ3v) is 21.9. The van der Waals surface area contributed by atoms with Crippen LogP contribution in [0, 0.1) is 29.1 Å². The maximum atomic E-state index is 15.0. The first kappa shape index (κ1) is 115. The van der Waals surface area contributed by atoms with E-state index in [2.05, 4.69) is 100 Å². The first-order valence-corrected chi connectivity index (χ1v) is 45.4. The number of nitrogens with one attached hydrogen (secondary N) is 19. The topological polar surface area (TPSA) is 756 Å². The Morgan fingerprint density at radius 2 is 0.873 bits per heavy atom. The van der Waals surface area contributed by atoms with Crippen molar-refractivity contribution in [2.24, 2.45) is 52.3 Å². The summed E-state index contributed by atoms with van der Waals surface area (Å²) in [5, 5.41) is 69.2. The highest BCUT2D eigenvalue weighted by Gasteiger charge is 2.42. The van der Waals surface area contributed by atoms with E-state index in [1.54, 1.807) is 92.8 Å². The van der Waals surface area contributed by atoms with Crippen molar-refractivity contribution in [2.45, 2.75) is 328 Å². The smallest absolute Gasteiger partial charge is 0.325 e. The van der Waals surface area contributed by atoms with Crippen LogP contribution >= 0.6 is 0 Å². The molecule has 0 bridgehead atoms. The molecule has 2 aromatic heterocycles. The van der Waals surface area contributed by atoms with Crippen molar-refractivity contribution in [2.75, 3.05) is 13.1 Å². The number of unbranched alkanes of at least 4 members (excludes halogenated alkanes) is 3. The molecule has 0 aliphatic carbocycles. The summed E-state index contributed by atoms with van der Waals surface area (Å²) in [4.78, 5) is 274. The second kappa shape index (κ2) is 56.8. The molecule has 46 heteroatoms. The zero-order valence-corrected chi connectivity index (χ0v) is 79.5. The number of para-hydroxylation sites is 1. The van der Waals surface area contributed by atoms with Crippen molar-refractivity contribution in [1.29, 1.82) is 5.41 Å². The van der Waals surface area contributed by atoms with E-state index >= 15 is 0 Å². The minimum absolute atomic E-state index is 0.0494. The van der Waals surface area contributed by atoms with Gasteiger partial charge in [-0.15, -0.1) is 0 Å². The number of nitrogens with two attached hydrogens (primary N) is 5. The lowest BCUT2D eigenvalue weighted by Gasteiger charge is -2.32. The number of hydrogen-bond acceptors (Lipinski definition) is 23. The number of fused-ring (bicyclic) bond motifs is 1. The zero-order valence-electron chi connectivity index (χ0n) is 79.5. The van der Waals surface area contributed by atoms with Crippen LogP contribution in [-0.2, 0) is 104 Å². The van der Waals surface area contributed by atoms with Crippen molar-refractivity contribution < 1.29 is 101 Å². The van der Waals surface area contributed by atoms with Gasteiger partial charge in [0.25, 0.3) is 0 Å². The number of carboxylic acids is 2. The van der Waals surface area contributed by atoms with Gasteiger partial charge in [0.2, 0.25) is 100 Å². The van der Waals surface area contributed by atoms with Crippen LogP contribution in [0.3, 0.4) is 0 Å². The maximum Gasteiger partial charge on any atom is 0.325 e. The lowest BCUT2D eigenvalue weighted by atomic mass is 9.96. The second-order valence-corrected chi connectivity index (χ2v) is 36.1. The van der Waals surface area contributed by atoms with E-state index < -0.39 is 258 Å². The zero-order chi connectivity index (χ0) is 101. The Balaban J connectivity index is 2.02. The first-order chi connectivity index (χ1) is 62.7. The normalized spacial score (nSPS) is 14.9. The molecule has 0 aliphatic heterocycles. The molecule has 3 aromatic rings. The SMILES string of the molecule is CCCC[C@H](NC(=O)[C@H](CC(C)C)NC(=O)[C@H](CCC(N)=O)NC(=O)[C@@H](NC(=O)[C@H](CCC(=O)O)NC(=O)C(C)(C)NC(=O)[C@@H](NC(=O)C(C)(C)N)C(C)C)[C@@H](C)CC)C(=O)N[C@@H](Cc1cnc[nH]1)C(=O)N[C@@H](CCC(N)=O)C(=O)N[C@@H](CCCCNC(=N)N)C(=O)N[C@@H](C)C(=O)N[C@@H](CCCCN)C(=O)N[C@@H](Cc1c[nH]c2ccccc12)C(=O)N[C@@H](CC(C)C)C(=O)N[C@@H](C)C(=O)O. The fraction of sp³-hybridized carbons (Fsp3) is 0.648. The predicted octanol–water partition coefficient (Wildman–Crippen LogP) is -2.62. The number of aromatic nitrogens is 3. The number of H-pyrrole nitrogens is 2. The molecule has 31 N–H and O–H groups in total. The monoisotopic (exact) mass is 1890 g/mol. The van der Waals surface area contributed by atoms with Gasteiger partial charge in [0, 0.05) is 67.6 Å². The lowest BCUT2D eigenvalue weighted by Crippen LogP contribution is -2.64. The third-order valence-electron chi connectivity index (χ3n) is 21.9. The summed E-state index contributed by atoms with van der Waals surface area (Å²) in [5.74, 6) is -20.8. The molecule has 3 rings (SSSR count). The van der Waals surface area contributed by atoms with Crippen LogP contribution in [0.15, 0.2) is 43.0 Å². The number of aliphatic carboxylic acids is 2. The van der Waals surface area contributed by atoms with Gasteiger partial charge in [0.1, 0.15) is 90.1 Å². The summed E-state index contributed by atoms with van der Waals surface area (Å²) < 4.78 is 0. The maximum absolute atomic E-state index is 15.0. The van der Waals surface area contributed by atoms with Crippen molar-refractivity contribution in [1.82, 2.24) is 100 Å². The molecule has 1 aromatic carbocycles. The molecule has 17 amide bonds. The van der Waals surface area contributed by atoms with Gasteiger partial charge in [-0.3, -0.25) is 96.5 Å². The molecule has 15 atom stereocenters. The van der Waals surface area contributed by atoms with E-state index in [9.17, 15) is 101 Å². The molecule has 0 unspecified atom stereocenters. The number of primary amides is 2. The number of carbonyl (C=O) groups is 19. The number of aromatic amines is 2. The van der Waals surface area contributed by atoms with Crippen LogP contribution < -0.4 is 114 Å². The minimum Gasteiger partial charge on any atom is -0.481 e. The van der Waals surface area contributed by atoms with Crippen molar-refractivity contribution in [3.63, 3.8) is 0 Å². The number of rotatable bonds is 63. The molecule has 0 fully saturated rings. The number of guanidine groups is 1. The predicted molar refractivity (Wildman–Crippen MR) is 494 cm³/mol.